The quantitative estimate of drug-likeness (QED) is 0.680. The molecule has 2 aliphatic rings. The summed E-state index contributed by atoms with van der Waals surface area (Å²) in [7, 11) is 0. The number of hydrogen-bond donors (Lipinski definition) is 0. The average Bonchev–Trinajstić information content (AvgIpc) is 3.46. The summed E-state index contributed by atoms with van der Waals surface area (Å²) in [5, 5.41) is 4.15. The van der Waals surface area contributed by atoms with Crippen molar-refractivity contribution in [1.82, 2.24) is 24.6 Å². The molecular formula is C21H24N6O2. The van der Waals surface area contributed by atoms with E-state index in [-0.39, 0.29) is 6.03 Å². The Bertz CT molecular complexity index is 1050. The number of para-hydroxylation sites is 2. The van der Waals surface area contributed by atoms with E-state index in [9.17, 15) is 4.79 Å². The van der Waals surface area contributed by atoms with E-state index in [2.05, 4.69) is 29.0 Å². The van der Waals surface area contributed by atoms with Gasteiger partial charge in [0.05, 0.1) is 23.6 Å². The molecule has 2 aromatic heterocycles. The number of imidazole rings is 1. The standard InChI is InChI=1S/C21H24N6O2/c1-14(2)11-18-23-20(24-29-18)19-17-12-26(21(28)25-9-5-6-10-25)15-7-3-4-8-16(15)27(17)13-22-19/h3-4,7-8,13-14H,5-6,9-12H2,1-2H3. The van der Waals surface area contributed by atoms with Crippen LogP contribution in [0.5, 0.6) is 0 Å². The minimum Gasteiger partial charge on any atom is -0.339 e. The number of amides is 2. The van der Waals surface area contributed by atoms with Gasteiger partial charge in [0.1, 0.15) is 12.0 Å². The maximum absolute atomic E-state index is 13.2. The third-order valence-corrected chi connectivity index (χ3v) is 5.48. The normalized spacial score (nSPS) is 15.7. The lowest BCUT2D eigenvalue weighted by Gasteiger charge is -2.33. The first kappa shape index (κ1) is 17.9. The fourth-order valence-electron chi connectivity index (χ4n) is 4.08. The van der Waals surface area contributed by atoms with Crippen molar-refractivity contribution in [1.29, 1.82) is 0 Å². The van der Waals surface area contributed by atoms with Gasteiger partial charge < -0.3 is 9.42 Å². The van der Waals surface area contributed by atoms with Gasteiger partial charge in [-0.1, -0.05) is 31.1 Å². The van der Waals surface area contributed by atoms with E-state index < -0.39 is 0 Å². The SMILES string of the molecule is CC(C)Cc1nc(-c2ncn3c2CN(C(=O)N2CCCC2)c2ccccc2-3)no1. The molecule has 0 spiro atoms. The monoisotopic (exact) mass is 392 g/mol. The second-order valence-electron chi connectivity index (χ2n) is 8.07. The summed E-state index contributed by atoms with van der Waals surface area (Å²) in [6.07, 6.45) is 4.63. The molecule has 8 nitrogen and oxygen atoms in total. The van der Waals surface area contributed by atoms with Gasteiger partial charge >= 0.3 is 6.03 Å². The Labute approximate surface area is 169 Å². The number of carbonyl (C=O) groups excluding carboxylic acids is 1. The Hall–Kier alpha value is -3.16. The van der Waals surface area contributed by atoms with Crippen molar-refractivity contribution in [3.63, 3.8) is 0 Å². The molecule has 0 radical (unpaired) electrons. The van der Waals surface area contributed by atoms with Crippen LogP contribution in [0.4, 0.5) is 10.5 Å². The molecule has 5 rings (SSSR count). The lowest BCUT2D eigenvalue weighted by molar-refractivity contribution is 0.214. The minimum atomic E-state index is 0.0435. The first-order chi connectivity index (χ1) is 14.1. The van der Waals surface area contributed by atoms with Gasteiger partial charge in [-0.05, 0) is 30.9 Å². The van der Waals surface area contributed by atoms with Gasteiger partial charge in [-0.3, -0.25) is 9.47 Å². The highest BCUT2D eigenvalue weighted by molar-refractivity contribution is 5.95. The Balaban J connectivity index is 1.55. The Morgan fingerprint density at radius 3 is 2.69 bits per heavy atom. The molecule has 3 aromatic rings. The Kier molecular flexibility index (Phi) is 4.34. The predicted octanol–water partition coefficient (Wildman–Crippen LogP) is 3.66. The lowest BCUT2D eigenvalue weighted by atomic mass is 10.1. The van der Waals surface area contributed by atoms with Gasteiger partial charge in [-0.15, -0.1) is 0 Å². The second kappa shape index (κ2) is 7.02. The maximum Gasteiger partial charge on any atom is 0.324 e. The van der Waals surface area contributed by atoms with Crippen LogP contribution in [0, 0.1) is 5.92 Å². The molecule has 1 aromatic carbocycles. The molecule has 0 atom stereocenters. The van der Waals surface area contributed by atoms with Crippen molar-refractivity contribution in [2.24, 2.45) is 5.92 Å². The largest absolute Gasteiger partial charge is 0.339 e. The van der Waals surface area contributed by atoms with Gasteiger partial charge in [-0.25, -0.2) is 9.78 Å². The van der Waals surface area contributed by atoms with E-state index in [0.29, 0.717) is 29.9 Å². The molecule has 1 saturated heterocycles. The molecule has 29 heavy (non-hydrogen) atoms. The van der Waals surface area contributed by atoms with E-state index in [0.717, 1.165) is 49.4 Å². The van der Waals surface area contributed by atoms with Gasteiger partial charge in [-0.2, -0.15) is 4.98 Å². The summed E-state index contributed by atoms with van der Waals surface area (Å²) in [6.45, 7) is 6.28. The summed E-state index contributed by atoms with van der Waals surface area (Å²) >= 11 is 0. The number of anilines is 1. The summed E-state index contributed by atoms with van der Waals surface area (Å²) < 4.78 is 7.44. The van der Waals surface area contributed by atoms with Crippen LogP contribution in [0.2, 0.25) is 0 Å². The number of urea groups is 1. The maximum atomic E-state index is 13.2. The predicted molar refractivity (Wildman–Crippen MR) is 108 cm³/mol. The fraction of sp³-hybridized carbons (Fsp3) is 0.429. The molecule has 0 aliphatic carbocycles. The van der Waals surface area contributed by atoms with E-state index in [4.69, 9.17) is 4.52 Å². The molecule has 0 bridgehead atoms. The molecule has 0 unspecified atom stereocenters. The fourth-order valence-corrected chi connectivity index (χ4v) is 4.08. The zero-order valence-electron chi connectivity index (χ0n) is 16.7. The minimum absolute atomic E-state index is 0.0435. The van der Waals surface area contributed by atoms with Crippen molar-refractivity contribution in [3.8, 4) is 17.2 Å². The average molecular weight is 392 g/mol. The van der Waals surface area contributed by atoms with Crippen molar-refractivity contribution >= 4 is 11.7 Å². The van der Waals surface area contributed by atoms with E-state index in [1.165, 1.54) is 0 Å². The summed E-state index contributed by atoms with van der Waals surface area (Å²) in [6, 6.07) is 7.97. The van der Waals surface area contributed by atoms with Crippen LogP contribution in [0.1, 0.15) is 38.3 Å². The third-order valence-electron chi connectivity index (χ3n) is 5.48. The molecule has 2 amide bonds. The summed E-state index contributed by atoms with van der Waals surface area (Å²) in [5.74, 6) is 1.51. The van der Waals surface area contributed by atoms with Gasteiger partial charge in [0.2, 0.25) is 11.7 Å². The Morgan fingerprint density at radius 2 is 1.93 bits per heavy atom. The molecule has 1 fully saturated rings. The number of benzene rings is 1. The topological polar surface area (TPSA) is 80.3 Å². The molecular weight excluding hydrogens is 368 g/mol. The molecule has 0 N–H and O–H groups in total. The smallest absolute Gasteiger partial charge is 0.324 e. The number of fused-ring (bicyclic) bond motifs is 3. The number of rotatable bonds is 3. The second-order valence-corrected chi connectivity index (χ2v) is 8.07. The Morgan fingerprint density at radius 1 is 1.17 bits per heavy atom. The van der Waals surface area contributed by atoms with Gasteiger partial charge in [0.15, 0.2) is 0 Å². The zero-order chi connectivity index (χ0) is 20.0. The number of carbonyl (C=O) groups is 1. The number of likely N-dealkylation sites (tertiary alicyclic amines) is 1. The van der Waals surface area contributed by atoms with Crippen LogP contribution in [0.15, 0.2) is 35.1 Å². The van der Waals surface area contributed by atoms with Crippen LogP contribution >= 0.6 is 0 Å². The number of hydrogen-bond acceptors (Lipinski definition) is 5. The first-order valence-corrected chi connectivity index (χ1v) is 10.2. The summed E-state index contributed by atoms with van der Waals surface area (Å²) in [5.41, 5.74) is 3.39. The molecule has 4 heterocycles. The summed E-state index contributed by atoms with van der Waals surface area (Å²) in [4.78, 5) is 26.1. The highest BCUT2D eigenvalue weighted by Crippen LogP contribution is 2.36. The lowest BCUT2D eigenvalue weighted by Crippen LogP contribution is -2.43. The molecule has 150 valence electrons. The van der Waals surface area contributed by atoms with Gasteiger partial charge in [0.25, 0.3) is 0 Å². The van der Waals surface area contributed by atoms with Crippen molar-refractivity contribution in [2.45, 2.75) is 39.7 Å². The van der Waals surface area contributed by atoms with Crippen molar-refractivity contribution in [2.75, 3.05) is 18.0 Å². The van der Waals surface area contributed by atoms with Crippen molar-refractivity contribution < 1.29 is 9.32 Å². The molecule has 0 saturated carbocycles. The highest BCUT2D eigenvalue weighted by atomic mass is 16.5. The van der Waals surface area contributed by atoms with Crippen LogP contribution in [-0.2, 0) is 13.0 Å². The number of nitrogens with zero attached hydrogens (tertiary/aromatic N) is 6. The van der Waals surface area contributed by atoms with Crippen LogP contribution in [-0.4, -0.2) is 43.7 Å². The zero-order valence-corrected chi connectivity index (χ0v) is 16.7. The van der Waals surface area contributed by atoms with E-state index in [1.807, 2.05) is 38.6 Å². The van der Waals surface area contributed by atoms with E-state index >= 15 is 0 Å². The van der Waals surface area contributed by atoms with Gasteiger partial charge in [0, 0.05) is 19.5 Å². The van der Waals surface area contributed by atoms with E-state index in [1.54, 1.807) is 6.33 Å². The van der Waals surface area contributed by atoms with Crippen LogP contribution in [0.3, 0.4) is 0 Å². The third kappa shape index (κ3) is 3.08. The molecule has 2 aliphatic heterocycles. The first-order valence-electron chi connectivity index (χ1n) is 10.2. The van der Waals surface area contributed by atoms with Crippen molar-refractivity contribution in [3.05, 3.63) is 42.2 Å². The van der Waals surface area contributed by atoms with Crippen LogP contribution in [0.25, 0.3) is 17.2 Å². The van der Waals surface area contributed by atoms with Crippen LogP contribution < -0.4 is 4.90 Å². The highest BCUT2D eigenvalue weighted by Gasteiger charge is 2.33. The number of aromatic nitrogens is 4. The molecule has 8 heteroatoms.